The van der Waals surface area contributed by atoms with Crippen molar-refractivity contribution in [3.63, 3.8) is 0 Å². The zero-order valence-corrected chi connectivity index (χ0v) is 18.4. The third-order valence-corrected chi connectivity index (χ3v) is 4.38. The van der Waals surface area contributed by atoms with E-state index in [0.29, 0.717) is 10.8 Å². The molecule has 0 amide bonds. The maximum absolute atomic E-state index is 5.78. The third kappa shape index (κ3) is 12.1. The first-order valence-corrected chi connectivity index (χ1v) is 10.2. The number of benzene rings is 2. The van der Waals surface area contributed by atoms with Crippen LogP contribution in [0, 0.1) is 10.8 Å². The fourth-order valence-electron chi connectivity index (χ4n) is 2.84. The van der Waals surface area contributed by atoms with E-state index in [4.69, 9.17) is 11.6 Å². The molecule has 0 saturated heterocycles. The van der Waals surface area contributed by atoms with E-state index in [1.54, 1.807) is 0 Å². The van der Waals surface area contributed by atoms with Crippen molar-refractivity contribution in [1.29, 1.82) is 0 Å². The van der Waals surface area contributed by atoms with Gasteiger partial charge in [-0.2, -0.15) is 0 Å². The van der Waals surface area contributed by atoms with E-state index in [-0.39, 0.29) is 0 Å². The van der Waals surface area contributed by atoms with E-state index in [1.165, 1.54) is 36.8 Å². The van der Waals surface area contributed by atoms with Crippen molar-refractivity contribution in [2.45, 2.75) is 73.6 Å². The molecule has 0 spiro atoms. The van der Waals surface area contributed by atoms with Crippen LogP contribution in [-0.2, 0) is 12.8 Å². The maximum Gasteiger partial charge on any atom is 0.0406 e. The molecular formula is C25H37Cl. The van der Waals surface area contributed by atoms with Gasteiger partial charge < -0.3 is 0 Å². The standard InChI is InChI=1S/C14H22.C11H15Cl/c1-14(2,3)12-8-7-11-13-9-5-4-6-10-13;1-11(2,3)8-9-4-6-10(12)7-5-9/h4-6,9-10H,7-8,11-12H2,1-3H3;4-7H,8H2,1-3H3. The molecule has 0 aliphatic rings. The molecule has 0 aliphatic carbocycles. The van der Waals surface area contributed by atoms with Crippen LogP contribution in [0.25, 0.3) is 0 Å². The van der Waals surface area contributed by atoms with Gasteiger partial charge in [0.2, 0.25) is 0 Å². The minimum absolute atomic E-state index is 0.355. The largest absolute Gasteiger partial charge is 0.0843 e. The molecule has 144 valence electrons. The Kier molecular flexibility index (Phi) is 9.44. The molecular weight excluding hydrogens is 336 g/mol. The Morgan fingerprint density at radius 3 is 1.73 bits per heavy atom. The molecule has 2 aromatic carbocycles. The topological polar surface area (TPSA) is 0 Å². The van der Waals surface area contributed by atoms with Crippen molar-refractivity contribution in [2.75, 3.05) is 0 Å². The van der Waals surface area contributed by atoms with Gasteiger partial charge in [0, 0.05) is 5.02 Å². The molecule has 0 bridgehead atoms. The first kappa shape index (κ1) is 22.8. The Hall–Kier alpha value is -1.27. The van der Waals surface area contributed by atoms with Gasteiger partial charge in [-0.05, 0) is 59.8 Å². The van der Waals surface area contributed by atoms with Gasteiger partial charge in [0.05, 0.1) is 0 Å². The molecule has 2 aromatic rings. The van der Waals surface area contributed by atoms with E-state index in [1.807, 2.05) is 12.1 Å². The van der Waals surface area contributed by atoms with Crippen molar-refractivity contribution in [3.8, 4) is 0 Å². The Bertz CT molecular complexity index is 597. The molecule has 0 fully saturated rings. The van der Waals surface area contributed by atoms with Crippen LogP contribution in [0.1, 0.15) is 71.9 Å². The molecule has 0 heterocycles. The lowest BCUT2D eigenvalue weighted by Crippen LogP contribution is -2.08. The van der Waals surface area contributed by atoms with Crippen LogP contribution in [0.4, 0.5) is 0 Å². The summed E-state index contributed by atoms with van der Waals surface area (Å²) in [5.74, 6) is 0. The highest BCUT2D eigenvalue weighted by Crippen LogP contribution is 2.22. The van der Waals surface area contributed by atoms with Crippen molar-refractivity contribution in [2.24, 2.45) is 10.8 Å². The minimum atomic E-state index is 0.355. The Morgan fingerprint density at radius 1 is 0.654 bits per heavy atom. The molecule has 0 saturated carbocycles. The van der Waals surface area contributed by atoms with Crippen LogP contribution in [0.3, 0.4) is 0 Å². The Balaban J connectivity index is 0.000000263. The van der Waals surface area contributed by atoms with Crippen molar-refractivity contribution in [1.82, 2.24) is 0 Å². The van der Waals surface area contributed by atoms with Crippen LogP contribution in [0.15, 0.2) is 54.6 Å². The molecule has 0 radical (unpaired) electrons. The quantitative estimate of drug-likeness (QED) is 0.462. The van der Waals surface area contributed by atoms with Crippen molar-refractivity contribution >= 4 is 11.6 Å². The zero-order chi connectivity index (χ0) is 19.6. The molecule has 1 heteroatoms. The normalized spacial score (nSPS) is 11.7. The lowest BCUT2D eigenvalue weighted by atomic mass is 9.88. The van der Waals surface area contributed by atoms with Gasteiger partial charge in [-0.15, -0.1) is 0 Å². The monoisotopic (exact) mass is 372 g/mol. The highest BCUT2D eigenvalue weighted by Gasteiger charge is 2.10. The first-order valence-electron chi connectivity index (χ1n) is 9.84. The molecule has 0 unspecified atom stereocenters. The Morgan fingerprint density at radius 2 is 1.23 bits per heavy atom. The van der Waals surface area contributed by atoms with E-state index in [0.717, 1.165) is 11.4 Å². The van der Waals surface area contributed by atoms with Crippen LogP contribution < -0.4 is 0 Å². The number of hydrogen-bond acceptors (Lipinski definition) is 0. The average molecular weight is 373 g/mol. The molecule has 26 heavy (non-hydrogen) atoms. The average Bonchev–Trinajstić information content (AvgIpc) is 2.53. The summed E-state index contributed by atoms with van der Waals surface area (Å²) in [6, 6.07) is 18.8. The van der Waals surface area contributed by atoms with E-state index in [2.05, 4.69) is 84.0 Å². The second kappa shape index (κ2) is 10.8. The molecule has 0 aromatic heterocycles. The fraction of sp³-hybridized carbons (Fsp3) is 0.520. The summed E-state index contributed by atoms with van der Waals surface area (Å²) in [6.45, 7) is 13.7. The fourth-order valence-corrected chi connectivity index (χ4v) is 2.97. The van der Waals surface area contributed by atoms with Gasteiger partial charge >= 0.3 is 0 Å². The summed E-state index contributed by atoms with van der Waals surface area (Å²) < 4.78 is 0. The van der Waals surface area contributed by atoms with Gasteiger partial charge in [-0.25, -0.2) is 0 Å². The number of unbranched alkanes of at least 4 members (excludes halogenated alkanes) is 1. The minimum Gasteiger partial charge on any atom is -0.0843 e. The van der Waals surface area contributed by atoms with E-state index >= 15 is 0 Å². The summed E-state index contributed by atoms with van der Waals surface area (Å²) in [4.78, 5) is 0. The van der Waals surface area contributed by atoms with Crippen LogP contribution >= 0.6 is 11.6 Å². The van der Waals surface area contributed by atoms with Crippen molar-refractivity contribution < 1.29 is 0 Å². The highest BCUT2D eigenvalue weighted by atomic mass is 35.5. The van der Waals surface area contributed by atoms with Gasteiger partial charge in [-0.3, -0.25) is 0 Å². The number of rotatable bonds is 5. The van der Waals surface area contributed by atoms with Crippen molar-refractivity contribution in [3.05, 3.63) is 70.7 Å². The van der Waals surface area contributed by atoms with Gasteiger partial charge in [0.15, 0.2) is 0 Å². The van der Waals surface area contributed by atoms with E-state index in [9.17, 15) is 0 Å². The predicted molar refractivity (Wildman–Crippen MR) is 118 cm³/mol. The lowest BCUT2D eigenvalue weighted by molar-refractivity contribution is 0.360. The summed E-state index contributed by atoms with van der Waals surface area (Å²) in [5.41, 5.74) is 3.68. The van der Waals surface area contributed by atoms with Gasteiger partial charge in [-0.1, -0.05) is 102 Å². The molecule has 0 nitrogen and oxygen atoms in total. The zero-order valence-electron chi connectivity index (χ0n) is 17.6. The lowest BCUT2D eigenvalue weighted by Gasteiger charge is -2.17. The highest BCUT2D eigenvalue weighted by molar-refractivity contribution is 6.30. The number of hydrogen-bond donors (Lipinski definition) is 0. The summed E-state index contributed by atoms with van der Waals surface area (Å²) in [6.07, 6.45) is 6.33. The summed E-state index contributed by atoms with van der Waals surface area (Å²) in [5, 5.41) is 0.813. The summed E-state index contributed by atoms with van der Waals surface area (Å²) >= 11 is 5.78. The van der Waals surface area contributed by atoms with Crippen LogP contribution in [-0.4, -0.2) is 0 Å². The van der Waals surface area contributed by atoms with Gasteiger partial charge in [0.25, 0.3) is 0 Å². The Labute approximate surface area is 167 Å². The second-order valence-electron chi connectivity index (χ2n) is 9.62. The molecule has 0 aliphatic heterocycles. The molecule has 0 atom stereocenters. The predicted octanol–water partition coefficient (Wildman–Crippen LogP) is 8.37. The summed E-state index contributed by atoms with van der Waals surface area (Å²) in [7, 11) is 0. The van der Waals surface area contributed by atoms with E-state index < -0.39 is 0 Å². The third-order valence-electron chi connectivity index (χ3n) is 4.13. The first-order chi connectivity index (χ1) is 12.1. The van der Waals surface area contributed by atoms with Gasteiger partial charge in [0.1, 0.15) is 0 Å². The number of aryl methyl sites for hydroxylation is 1. The van der Waals surface area contributed by atoms with Crippen LogP contribution in [0.2, 0.25) is 5.02 Å². The SMILES string of the molecule is CC(C)(C)CCCCc1ccccc1.CC(C)(C)Cc1ccc(Cl)cc1. The maximum atomic E-state index is 5.78. The number of halogens is 1. The van der Waals surface area contributed by atoms with Crippen LogP contribution in [0.5, 0.6) is 0 Å². The molecule has 0 N–H and O–H groups in total. The molecule has 2 rings (SSSR count). The second-order valence-corrected chi connectivity index (χ2v) is 10.1. The smallest absolute Gasteiger partial charge is 0.0406 e.